The fourth-order valence-corrected chi connectivity index (χ4v) is 3.85. The van der Waals surface area contributed by atoms with Gasteiger partial charge < -0.3 is 30.0 Å². The number of carbonyl (C=O) groups excluding carboxylic acids is 1. The molecule has 0 saturated carbocycles. The molecule has 1 aromatic carbocycles. The lowest BCUT2D eigenvalue weighted by molar-refractivity contribution is -0.137. The second-order valence-electron chi connectivity index (χ2n) is 6.69. The molecule has 2 aromatic rings. The number of aliphatic carboxylic acids is 1. The van der Waals surface area contributed by atoms with Gasteiger partial charge in [0.05, 0.1) is 31.7 Å². The van der Waals surface area contributed by atoms with Gasteiger partial charge in [-0.15, -0.1) is 17.9 Å². The van der Waals surface area contributed by atoms with Crippen LogP contribution in [0.3, 0.4) is 0 Å². The summed E-state index contributed by atoms with van der Waals surface area (Å²) in [6.07, 6.45) is 1.98. The first kappa shape index (κ1) is 21.7. The Bertz CT molecular complexity index is 870. The van der Waals surface area contributed by atoms with E-state index >= 15 is 0 Å². The van der Waals surface area contributed by atoms with Gasteiger partial charge in [0.15, 0.2) is 11.5 Å². The zero-order valence-corrected chi connectivity index (χ0v) is 17.2. The van der Waals surface area contributed by atoms with Crippen molar-refractivity contribution in [2.75, 3.05) is 20.0 Å². The molecule has 2 atom stereocenters. The van der Waals surface area contributed by atoms with E-state index in [0.29, 0.717) is 36.7 Å². The topological polar surface area (TPSA) is 106 Å². The lowest BCUT2D eigenvalue weighted by Crippen LogP contribution is -2.46. The van der Waals surface area contributed by atoms with Gasteiger partial charge in [-0.05, 0) is 29.1 Å². The van der Waals surface area contributed by atoms with Crippen molar-refractivity contribution in [3.63, 3.8) is 0 Å². The van der Waals surface area contributed by atoms with E-state index in [4.69, 9.17) is 14.2 Å². The van der Waals surface area contributed by atoms with Crippen LogP contribution in [0.4, 0.5) is 4.79 Å². The third-order valence-electron chi connectivity index (χ3n) is 4.40. The molecular formula is C21H24N2O6S. The van der Waals surface area contributed by atoms with Gasteiger partial charge >= 0.3 is 12.0 Å². The third kappa shape index (κ3) is 6.23. The SMILES string of the molecule is C=CCOCC(Cc1cccs1)NC(=O)NC(CC(=O)O)c1ccc2c(c1)OCO2. The number of carboxylic acid groups (broad SMARTS) is 1. The molecule has 0 radical (unpaired) electrons. The van der Waals surface area contributed by atoms with Crippen molar-refractivity contribution in [3.05, 3.63) is 58.8 Å². The number of hydrogen-bond acceptors (Lipinski definition) is 6. The molecule has 2 unspecified atom stereocenters. The third-order valence-corrected chi connectivity index (χ3v) is 5.30. The highest BCUT2D eigenvalue weighted by atomic mass is 32.1. The molecule has 0 saturated heterocycles. The van der Waals surface area contributed by atoms with Crippen molar-refractivity contribution < 1.29 is 28.9 Å². The van der Waals surface area contributed by atoms with Crippen LogP contribution in [0.2, 0.25) is 0 Å². The summed E-state index contributed by atoms with van der Waals surface area (Å²) in [5.41, 5.74) is 0.620. The van der Waals surface area contributed by atoms with Gasteiger partial charge in [-0.25, -0.2) is 4.79 Å². The molecule has 9 heteroatoms. The molecule has 1 aliphatic rings. The molecule has 0 spiro atoms. The first-order valence-corrected chi connectivity index (χ1v) is 10.3. The summed E-state index contributed by atoms with van der Waals surface area (Å²) in [6, 6.07) is 7.58. The van der Waals surface area contributed by atoms with Crippen molar-refractivity contribution in [1.29, 1.82) is 0 Å². The highest BCUT2D eigenvalue weighted by Crippen LogP contribution is 2.34. The Morgan fingerprint density at radius 3 is 2.83 bits per heavy atom. The summed E-state index contributed by atoms with van der Waals surface area (Å²) in [5.74, 6) is 0.0913. The van der Waals surface area contributed by atoms with Crippen molar-refractivity contribution in [1.82, 2.24) is 10.6 Å². The maximum Gasteiger partial charge on any atom is 0.315 e. The largest absolute Gasteiger partial charge is 0.481 e. The van der Waals surface area contributed by atoms with Crippen molar-refractivity contribution in [2.24, 2.45) is 0 Å². The number of carbonyl (C=O) groups is 2. The Kier molecular flexibility index (Phi) is 7.69. The molecule has 0 bridgehead atoms. The highest BCUT2D eigenvalue weighted by Gasteiger charge is 2.23. The van der Waals surface area contributed by atoms with Crippen molar-refractivity contribution in [3.8, 4) is 11.5 Å². The molecule has 0 aliphatic carbocycles. The number of nitrogens with one attached hydrogen (secondary N) is 2. The molecule has 2 amide bonds. The van der Waals surface area contributed by atoms with E-state index in [2.05, 4.69) is 17.2 Å². The van der Waals surface area contributed by atoms with Crippen LogP contribution in [-0.2, 0) is 16.0 Å². The van der Waals surface area contributed by atoms with E-state index in [-0.39, 0.29) is 19.3 Å². The van der Waals surface area contributed by atoms with Crippen molar-refractivity contribution >= 4 is 23.3 Å². The molecule has 0 fully saturated rings. The highest BCUT2D eigenvalue weighted by molar-refractivity contribution is 7.09. The van der Waals surface area contributed by atoms with Crippen LogP contribution >= 0.6 is 11.3 Å². The molecular weight excluding hydrogens is 408 g/mol. The van der Waals surface area contributed by atoms with E-state index in [1.54, 1.807) is 35.6 Å². The minimum Gasteiger partial charge on any atom is -0.481 e. The van der Waals surface area contributed by atoms with Crippen LogP contribution < -0.4 is 20.1 Å². The Hall–Kier alpha value is -3.04. The summed E-state index contributed by atoms with van der Waals surface area (Å²) in [6.45, 7) is 4.43. The Morgan fingerprint density at radius 2 is 2.10 bits per heavy atom. The molecule has 30 heavy (non-hydrogen) atoms. The summed E-state index contributed by atoms with van der Waals surface area (Å²) in [7, 11) is 0. The van der Waals surface area contributed by atoms with Gasteiger partial charge in [0.1, 0.15) is 0 Å². The smallest absolute Gasteiger partial charge is 0.315 e. The predicted molar refractivity (Wildman–Crippen MR) is 112 cm³/mol. The molecule has 160 valence electrons. The zero-order chi connectivity index (χ0) is 21.3. The second kappa shape index (κ2) is 10.7. The number of benzene rings is 1. The van der Waals surface area contributed by atoms with Crippen LogP contribution in [0.15, 0.2) is 48.4 Å². The first-order chi connectivity index (χ1) is 14.5. The lowest BCUT2D eigenvalue weighted by Gasteiger charge is -2.22. The quantitative estimate of drug-likeness (QED) is 0.372. The summed E-state index contributed by atoms with van der Waals surface area (Å²) >= 11 is 1.60. The van der Waals surface area contributed by atoms with Gasteiger partial charge in [0.2, 0.25) is 6.79 Å². The number of hydrogen-bond donors (Lipinski definition) is 3. The van der Waals surface area contributed by atoms with E-state index in [1.165, 1.54) is 0 Å². The van der Waals surface area contributed by atoms with Gasteiger partial charge in [0, 0.05) is 11.3 Å². The Labute approximate surface area is 178 Å². The number of carboxylic acids is 1. The Morgan fingerprint density at radius 1 is 1.27 bits per heavy atom. The van der Waals surface area contributed by atoms with E-state index in [0.717, 1.165) is 4.88 Å². The molecule has 1 aromatic heterocycles. The molecule has 2 heterocycles. The van der Waals surface area contributed by atoms with Gasteiger partial charge in [-0.3, -0.25) is 4.79 Å². The van der Waals surface area contributed by atoms with E-state index < -0.39 is 18.0 Å². The summed E-state index contributed by atoms with van der Waals surface area (Å²) in [5, 5.41) is 16.9. The Balaban J connectivity index is 1.66. The maximum absolute atomic E-state index is 12.7. The average molecular weight is 432 g/mol. The maximum atomic E-state index is 12.7. The first-order valence-electron chi connectivity index (χ1n) is 9.44. The number of urea groups is 1. The standard InChI is InChI=1S/C21H24N2O6S/c1-2-7-27-12-15(10-16-4-3-8-30-16)22-21(26)23-17(11-20(24)25)14-5-6-18-19(9-14)29-13-28-18/h2-6,8-9,15,17H,1,7,10-13H2,(H,24,25)(H2,22,23,26). The number of thiophene rings is 1. The fraction of sp³-hybridized carbons (Fsp3) is 0.333. The molecule has 3 N–H and O–H groups in total. The molecule has 8 nitrogen and oxygen atoms in total. The monoisotopic (exact) mass is 432 g/mol. The van der Waals surface area contributed by atoms with E-state index in [1.807, 2.05) is 17.5 Å². The average Bonchev–Trinajstić information content (AvgIpc) is 3.38. The number of amides is 2. The van der Waals surface area contributed by atoms with E-state index in [9.17, 15) is 14.7 Å². The predicted octanol–water partition coefficient (Wildman–Crippen LogP) is 3.11. The molecule has 1 aliphatic heterocycles. The van der Waals surface area contributed by atoms with Crippen LogP contribution in [0.25, 0.3) is 0 Å². The second-order valence-corrected chi connectivity index (χ2v) is 7.72. The van der Waals surface area contributed by atoms with Gasteiger partial charge in [0.25, 0.3) is 0 Å². The number of rotatable bonds is 11. The van der Waals surface area contributed by atoms with Gasteiger partial charge in [-0.2, -0.15) is 0 Å². The van der Waals surface area contributed by atoms with Crippen LogP contribution in [0.5, 0.6) is 11.5 Å². The van der Waals surface area contributed by atoms with Crippen LogP contribution in [-0.4, -0.2) is 43.2 Å². The molecule has 3 rings (SSSR count). The number of fused-ring (bicyclic) bond motifs is 1. The normalized spacial score (nSPS) is 14.0. The minimum absolute atomic E-state index is 0.116. The van der Waals surface area contributed by atoms with Crippen molar-refractivity contribution in [2.45, 2.75) is 24.9 Å². The van der Waals surface area contributed by atoms with Gasteiger partial charge in [-0.1, -0.05) is 18.2 Å². The summed E-state index contributed by atoms with van der Waals surface area (Å²) < 4.78 is 16.2. The fourth-order valence-electron chi connectivity index (χ4n) is 3.06. The summed E-state index contributed by atoms with van der Waals surface area (Å²) in [4.78, 5) is 25.1. The van der Waals surface area contributed by atoms with Crippen LogP contribution in [0.1, 0.15) is 22.9 Å². The minimum atomic E-state index is -1.03. The number of ether oxygens (including phenoxy) is 3. The lowest BCUT2D eigenvalue weighted by atomic mass is 10.0. The van der Waals surface area contributed by atoms with Crippen LogP contribution in [0, 0.1) is 0 Å². The zero-order valence-electron chi connectivity index (χ0n) is 16.3.